The van der Waals surface area contributed by atoms with Crippen molar-refractivity contribution in [2.75, 3.05) is 20.0 Å². The number of aromatic nitrogens is 3. The van der Waals surface area contributed by atoms with Crippen molar-refractivity contribution in [3.63, 3.8) is 0 Å². The van der Waals surface area contributed by atoms with Crippen LogP contribution in [0.2, 0.25) is 0 Å². The molecule has 0 N–H and O–H groups in total. The van der Waals surface area contributed by atoms with Gasteiger partial charge in [-0.2, -0.15) is 5.10 Å². The van der Waals surface area contributed by atoms with E-state index in [1.54, 1.807) is 46.3 Å². The van der Waals surface area contributed by atoms with Gasteiger partial charge in [0, 0.05) is 28.3 Å². The summed E-state index contributed by atoms with van der Waals surface area (Å²) in [4.78, 5) is 45.5. The fraction of sp³-hybridized carbons (Fsp3) is 0.222. The average molecular weight is 696 g/mol. The second-order valence-electron chi connectivity index (χ2n) is 11.7. The van der Waals surface area contributed by atoms with Crippen molar-refractivity contribution in [3.8, 4) is 22.7 Å². The summed E-state index contributed by atoms with van der Waals surface area (Å²) in [5, 5.41) is 16.7. The first-order valence-electron chi connectivity index (χ1n) is 15.4. The normalized spacial score (nSPS) is 14.5. The molecule has 0 aliphatic carbocycles. The molecule has 13 heteroatoms. The Kier molecular flexibility index (Phi) is 9.65. The highest BCUT2D eigenvalue weighted by Gasteiger charge is 2.33. The van der Waals surface area contributed by atoms with E-state index in [-0.39, 0.29) is 29.5 Å². The Hall–Kier alpha value is -5.27. The van der Waals surface area contributed by atoms with Crippen LogP contribution in [0.3, 0.4) is 0 Å². The number of thiazole rings is 1. The number of carbonyl (C=O) groups excluding carboxylic acids is 1. The number of hydrogen-bond donors (Lipinski definition) is 0. The highest BCUT2D eigenvalue weighted by atomic mass is 32.2. The Bertz CT molecular complexity index is 2270. The van der Waals surface area contributed by atoms with Gasteiger partial charge in [-0.25, -0.2) is 14.5 Å². The molecule has 6 rings (SSSR count). The monoisotopic (exact) mass is 695 g/mol. The third-order valence-corrected chi connectivity index (χ3v) is 9.65. The van der Waals surface area contributed by atoms with Gasteiger partial charge in [0.2, 0.25) is 0 Å². The number of allylic oxidation sites excluding steroid dienone is 1. The first-order chi connectivity index (χ1) is 23.6. The molecular formula is C36H33N5O6S2. The van der Waals surface area contributed by atoms with Gasteiger partial charge in [0.15, 0.2) is 10.6 Å². The summed E-state index contributed by atoms with van der Waals surface area (Å²) in [6, 6.07) is 21.0. The van der Waals surface area contributed by atoms with E-state index < -0.39 is 16.9 Å². The van der Waals surface area contributed by atoms with E-state index in [0.717, 1.165) is 16.1 Å². The predicted octanol–water partition coefficient (Wildman–Crippen LogP) is 5.93. The molecule has 1 atom stereocenters. The lowest BCUT2D eigenvalue weighted by atomic mass is 9.96. The van der Waals surface area contributed by atoms with Crippen molar-refractivity contribution < 1.29 is 19.2 Å². The lowest BCUT2D eigenvalue weighted by Crippen LogP contribution is -2.40. The molecule has 250 valence electrons. The van der Waals surface area contributed by atoms with Gasteiger partial charge in [0.25, 0.3) is 5.56 Å². The molecule has 49 heavy (non-hydrogen) atoms. The van der Waals surface area contributed by atoms with Crippen LogP contribution < -0.4 is 19.6 Å². The van der Waals surface area contributed by atoms with Gasteiger partial charge in [-0.1, -0.05) is 55.5 Å². The van der Waals surface area contributed by atoms with Crippen LogP contribution in [0.1, 0.15) is 37.9 Å². The van der Waals surface area contributed by atoms with Gasteiger partial charge in [-0.15, -0.1) is 11.8 Å². The number of hydrogen-bond acceptors (Lipinski definition) is 10. The molecule has 1 unspecified atom stereocenters. The highest BCUT2D eigenvalue weighted by molar-refractivity contribution is 7.98. The van der Waals surface area contributed by atoms with Crippen molar-refractivity contribution >= 4 is 40.8 Å². The number of ether oxygens (including phenoxy) is 2. The van der Waals surface area contributed by atoms with Gasteiger partial charge in [-0.05, 0) is 67.1 Å². The summed E-state index contributed by atoms with van der Waals surface area (Å²) in [5.41, 5.74) is 3.20. The molecule has 0 spiro atoms. The molecule has 1 aliphatic heterocycles. The van der Waals surface area contributed by atoms with Crippen molar-refractivity contribution in [1.29, 1.82) is 0 Å². The Morgan fingerprint density at radius 1 is 1.12 bits per heavy atom. The third kappa shape index (κ3) is 6.72. The Morgan fingerprint density at radius 3 is 2.51 bits per heavy atom. The van der Waals surface area contributed by atoms with Crippen LogP contribution in [0.5, 0.6) is 5.75 Å². The maximum Gasteiger partial charge on any atom is 0.338 e. The van der Waals surface area contributed by atoms with Crippen LogP contribution in [-0.4, -0.2) is 45.2 Å². The van der Waals surface area contributed by atoms with Gasteiger partial charge in [0.05, 0.1) is 46.2 Å². The molecule has 0 saturated carbocycles. The number of nitro benzene ring substituents is 1. The summed E-state index contributed by atoms with van der Waals surface area (Å²) < 4.78 is 14.4. The molecular weight excluding hydrogens is 663 g/mol. The second-order valence-corrected chi connectivity index (χ2v) is 13.6. The number of nitro groups is 1. The number of carbonyl (C=O) groups is 1. The van der Waals surface area contributed by atoms with E-state index in [1.807, 2.05) is 74.7 Å². The van der Waals surface area contributed by atoms with E-state index in [0.29, 0.717) is 37.4 Å². The molecule has 0 radical (unpaired) electrons. The topological polar surface area (TPSA) is 131 Å². The molecule has 5 aromatic rings. The molecule has 11 nitrogen and oxygen atoms in total. The zero-order chi connectivity index (χ0) is 34.8. The molecule has 0 bridgehead atoms. The van der Waals surface area contributed by atoms with Crippen LogP contribution in [0.4, 0.5) is 5.69 Å². The second kappa shape index (κ2) is 14.1. The van der Waals surface area contributed by atoms with Gasteiger partial charge < -0.3 is 9.47 Å². The van der Waals surface area contributed by atoms with E-state index in [1.165, 1.54) is 30.6 Å². The summed E-state index contributed by atoms with van der Waals surface area (Å²) in [7, 11) is 1.37. The summed E-state index contributed by atoms with van der Waals surface area (Å²) in [6.45, 7) is 5.90. The number of fused-ring (bicyclic) bond motifs is 1. The summed E-state index contributed by atoms with van der Waals surface area (Å²) in [5.74, 6) is -0.270. The molecule has 3 heterocycles. The van der Waals surface area contributed by atoms with Crippen LogP contribution in [0.15, 0.2) is 105 Å². The molecule has 3 aromatic carbocycles. The Morgan fingerprint density at radius 2 is 1.86 bits per heavy atom. The molecule has 1 aliphatic rings. The number of rotatable bonds is 10. The zero-order valence-corrected chi connectivity index (χ0v) is 29.1. The van der Waals surface area contributed by atoms with E-state index in [4.69, 9.17) is 19.6 Å². The number of methoxy groups -OCH3 is 1. The van der Waals surface area contributed by atoms with Crippen molar-refractivity contribution in [2.24, 2.45) is 10.9 Å². The summed E-state index contributed by atoms with van der Waals surface area (Å²) >= 11 is 2.79. The predicted molar refractivity (Wildman–Crippen MR) is 190 cm³/mol. The minimum atomic E-state index is -0.760. The standard InChI is InChI=1S/C36H33N5O6S2/c1-21(2)20-47-35(43)31-22(3)37-36-40(33(31)23-11-14-27(48-5)15-12-23)34(42)30(49-36)18-25-19-39(26-9-7-6-8-10-26)38-32(25)24-13-16-29(46-4)28(17-24)41(44)45/h6-19,21,33H,20H2,1-5H3. The molecule has 0 saturated heterocycles. The van der Waals surface area contributed by atoms with Crippen molar-refractivity contribution in [2.45, 2.75) is 31.7 Å². The Balaban J connectivity index is 1.55. The fourth-order valence-electron chi connectivity index (χ4n) is 5.56. The van der Waals surface area contributed by atoms with Gasteiger partial charge >= 0.3 is 11.7 Å². The molecule has 2 aromatic heterocycles. The first kappa shape index (κ1) is 33.6. The van der Waals surface area contributed by atoms with Crippen LogP contribution in [-0.2, 0) is 9.53 Å². The van der Waals surface area contributed by atoms with E-state index in [2.05, 4.69) is 0 Å². The van der Waals surface area contributed by atoms with Gasteiger partial charge in [0.1, 0.15) is 5.69 Å². The lowest BCUT2D eigenvalue weighted by molar-refractivity contribution is -0.385. The minimum Gasteiger partial charge on any atom is -0.490 e. The van der Waals surface area contributed by atoms with E-state index in [9.17, 15) is 19.7 Å². The number of benzene rings is 3. The van der Waals surface area contributed by atoms with Gasteiger partial charge in [-0.3, -0.25) is 19.5 Å². The first-order valence-corrected chi connectivity index (χ1v) is 17.4. The molecule has 0 fully saturated rings. The van der Waals surface area contributed by atoms with Crippen LogP contribution >= 0.6 is 23.1 Å². The number of esters is 1. The third-order valence-electron chi connectivity index (χ3n) is 7.92. The quantitative estimate of drug-likeness (QED) is 0.0761. The summed E-state index contributed by atoms with van der Waals surface area (Å²) in [6.07, 6.45) is 5.47. The minimum absolute atomic E-state index is 0.120. The number of nitrogens with zero attached hydrogens (tertiary/aromatic N) is 5. The number of para-hydroxylation sites is 1. The zero-order valence-electron chi connectivity index (χ0n) is 27.4. The number of thioether (sulfide) groups is 1. The average Bonchev–Trinajstić information content (AvgIpc) is 3.66. The van der Waals surface area contributed by atoms with Crippen molar-refractivity contribution in [1.82, 2.24) is 14.3 Å². The maximum atomic E-state index is 14.4. The lowest BCUT2D eigenvalue weighted by Gasteiger charge is -2.25. The van der Waals surface area contributed by atoms with Crippen LogP contribution in [0.25, 0.3) is 23.0 Å². The fourth-order valence-corrected chi connectivity index (χ4v) is 7.00. The van der Waals surface area contributed by atoms with Crippen LogP contribution in [0, 0.1) is 16.0 Å². The highest BCUT2D eigenvalue weighted by Crippen LogP contribution is 2.34. The smallest absolute Gasteiger partial charge is 0.338 e. The van der Waals surface area contributed by atoms with Crippen molar-refractivity contribution in [3.05, 3.63) is 131 Å². The van der Waals surface area contributed by atoms with E-state index >= 15 is 0 Å². The Labute approximate surface area is 290 Å². The molecule has 0 amide bonds. The largest absolute Gasteiger partial charge is 0.490 e. The SMILES string of the molecule is COc1ccc(-c2nn(-c3ccccc3)cc2C=c2sc3n(c2=O)C(c2ccc(SC)cc2)C(C(=O)OCC(C)C)=C(C)N=3)cc1[N+](=O)[O-]. The maximum absolute atomic E-state index is 14.4.